The summed E-state index contributed by atoms with van der Waals surface area (Å²) in [5, 5.41) is 30.5. The van der Waals surface area contributed by atoms with E-state index in [9.17, 15) is 23.1 Å². The highest BCUT2D eigenvalue weighted by molar-refractivity contribution is 7.92. The molecule has 1 aliphatic rings. The molecule has 0 atom stereocenters. The fraction of sp³-hybridized carbons (Fsp3) is 0.333. The Kier molecular flexibility index (Phi) is 9.46. The molecule has 0 unspecified atom stereocenters. The highest BCUT2D eigenvalue weighted by atomic mass is 35.5. The van der Waals surface area contributed by atoms with Gasteiger partial charge in [-0.25, -0.2) is 8.42 Å². The van der Waals surface area contributed by atoms with Gasteiger partial charge in [0, 0.05) is 22.3 Å². The highest BCUT2D eigenvalue weighted by Gasteiger charge is 2.30. The Hall–Kier alpha value is -3.65. The number of aromatic nitrogens is 2. The first-order chi connectivity index (χ1) is 19.7. The number of nitrogens with zero attached hydrogens (tertiary/aromatic N) is 5. The summed E-state index contributed by atoms with van der Waals surface area (Å²) in [6, 6.07) is 12.4. The maximum atomic E-state index is 13.5. The molecule has 2 heterocycles. The van der Waals surface area contributed by atoms with Crippen molar-refractivity contribution in [2.75, 3.05) is 61.3 Å². The molecular weight excluding hydrogens is 607 g/mol. The minimum absolute atomic E-state index is 0.102. The van der Waals surface area contributed by atoms with Crippen LogP contribution in [0.15, 0.2) is 53.4 Å². The van der Waals surface area contributed by atoms with Crippen LogP contribution in [0.25, 0.3) is 0 Å². The standard InChI is InChI=1S/C27H30Cl2N6O6S/c1-35(2,11-8-26(36)37)12-9-30-24-5-6-25(32-31-24)33-10-7-18-13-21(3-4-23(18)33)34(17-27(38)39)42(40,41)22-15-19(28)14-20(29)16-22/h3-6,13-16H,7-12,17H2,1-2H3,(H2-,30,31,36,37,38,39)/p+1. The monoisotopic (exact) mass is 637 g/mol. The van der Waals surface area contributed by atoms with Gasteiger partial charge in [0.05, 0.1) is 50.7 Å². The average Bonchev–Trinajstić information content (AvgIpc) is 3.33. The van der Waals surface area contributed by atoms with Crippen LogP contribution in [0.4, 0.5) is 23.0 Å². The number of benzene rings is 2. The van der Waals surface area contributed by atoms with Crippen molar-refractivity contribution in [3.63, 3.8) is 0 Å². The third kappa shape index (κ3) is 7.59. The van der Waals surface area contributed by atoms with Crippen LogP contribution in [0.3, 0.4) is 0 Å². The SMILES string of the molecule is C[N+](C)(CCNc1ccc(N2CCc3cc(N(CC(=O)O)S(=O)(=O)c4cc(Cl)cc(Cl)c4)ccc32)nn1)CCC(=O)O. The molecule has 0 fully saturated rings. The molecule has 0 bridgehead atoms. The number of anilines is 4. The Labute approximate surface area is 253 Å². The number of carbonyl (C=O) groups is 2. The summed E-state index contributed by atoms with van der Waals surface area (Å²) >= 11 is 12.0. The van der Waals surface area contributed by atoms with Crippen molar-refractivity contribution in [1.29, 1.82) is 0 Å². The van der Waals surface area contributed by atoms with E-state index in [2.05, 4.69) is 15.5 Å². The molecule has 0 spiro atoms. The molecule has 0 saturated carbocycles. The molecule has 0 amide bonds. The van der Waals surface area contributed by atoms with E-state index < -0.39 is 28.5 Å². The van der Waals surface area contributed by atoms with E-state index in [1.165, 1.54) is 18.2 Å². The van der Waals surface area contributed by atoms with Gasteiger partial charge in [-0.3, -0.25) is 13.9 Å². The summed E-state index contributed by atoms with van der Waals surface area (Å²) in [7, 11) is -0.351. The number of carboxylic acid groups (broad SMARTS) is 2. The molecule has 1 aliphatic heterocycles. The molecule has 0 aliphatic carbocycles. The molecule has 12 nitrogen and oxygen atoms in total. The Morgan fingerprint density at radius 2 is 1.71 bits per heavy atom. The van der Waals surface area contributed by atoms with E-state index in [1.54, 1.807) is 18.2 Å². The summed E-state index contributed by atoms with van der Waals surface area (Å²) in [4.78, 5) is 24.2. The number of sulfonamides is 1. The van der Waals surface area contributed by atoms with Gasteiger partial charge in [-0.15, -0.1) is 10.2 Å². The minimum atomic E-state index is -4.29. The lowest BCUT2D eigenvalue weighted by Crippen LogP contribution is -2.44. The molecule has 15 heteroatoms. The number of rotatable bonds is 13. The van der Waals surface area contributed by atoms with E-state index in [1.807, 2.05) is 31.1 Å². The number of halogens is 2. The maximum Gasteiger partial charge on any atom is 0.324 e. The van der Waals surface area contributed by atoms with Gasteiger partial charge >= 0.3 is 11.9 Å². The minimum Gasteiger partial charge on any atom is -0.481 e. The van der Waals surface area contributed by atoms with Gasteiger partial charge in [0.1, 0.15) is 12.4 Å². The van der Waals surface area contributed by atoms with Gasteiger partial charge in [0.25, 0.3) is 10.0 Å². The highest BCUT2D eigenvalue weighted by Crippen LogP contribution is 2.37. The number of nitrogens with one attached hydrogen (secondary N) is 1. The Balaban J connectivity index is 1.49. The summed E-state index contributed by atoms with van der Waals surface area (Å²) in [5.74, 6) is -0.947. The Bertz CT molecular complexity index is 1570. The summed E-state index contributed by atoms with van der Waals surface area (Å²) in [5.41, 5.74) is 1.83. The molecule has 224 valence electrons. The van der Waals surface area contributed by atoms with Crippen LogP contribution in [0.1, 0.15) is 12.0 Å². The molecule has 42 heavy (non-hydrogen) atoms. The van der Waals surface area contributed by atoms with Crippen LogP contribution in [0.2, 0.25) is 10.0 Å². The Morgan fingerprint density at radius 3 is 2.33 bits per heavy atom. The van der Waals surface area contributed by atoms with E-state index in [4.69, 9.17) is 28.3 Å². The van der Waals surface area contributed by atoms with Crippen LogP contribution in [0, 0.1) is 0 Å². The number of likely N-dealkylation sites (N-methyl/N-ethyl adjacent to an activating group) is 1. The number of aliphatic carboxylic acids is 2. The largest absolute Gasteiger partial charge is 0.481 e. The molecule has 3 N–H and O–H groups in total. The first-order valence-corrected chi connectivity index (χ1v) is 15.2. The van der Waals surface area contributed by atoms with Crippen molar-refractivity contribution in [2.24, 2.45) is 0 Å². The molecule has 3 aromatic rings. The molecule has 1 aromatic heterocycles. The predicted molar refractivity (Wildman–Crippen MR) is 160 cm³/mol. The van der Waals surface area contributed by atoms with Gasteiger partial charge in [-0.1, -0.05) is 23.2 Å². The average molecular weight is 639 g/mol. The lowest BCUT2D eigenvalue weighted by atomic mass is 10.1. The zero-order valence-electron chi connectivity index (χ0n) is 23.0. The molecule has 0 radical (unpaired) electrons. The van der Waals surface area contributed by atoms with E-state index >= 15 is 0 Å². The quantitative estimate of drug-likeness (QED) is 0.236. The molecule has 4 rings (SSSR count). The zero-order valence-corrected chi connectivity index (χ0v) is 25.3. The zero-order chi connectivity index (χ0) is 30.7. The summed E-state index contributed by atoms with van der Waals surface area (Å²) < 4.78 is 28.3. The fourth-order valence-electron chi connectivity index (χ4n) is 4.58. The number of fused-ring (bicyclic) bond motifs is 1. The summed E-state index contributed by atoms with van der Waals surface area (Å²) in [6.45, 7) is 1.60. The van der Waals surface area contributed by atoms with Crippen molar-refractivity contribution in [2.45, 2.75) is 17.7 Å². The third-order valence-corrected chi connectivity index (χ3v) is 9.02. The first-order valence-electron chi connectivity index (χ1n) is 13.0. The van der Waals surface area contributed by atoms with Crippen molar-refractivity contribution in [3.8, 4) is 0 Å². The van der Waals surface area contributed by atoms with Gasteiger partial charge in [-0.05, 0) is 60.5 Å². The van der Waals surface area contributed by atoms with Crippen LogP contribution in [0.5, 0.6) is 0 Å². The van der Waals surface area contributed by atoms with E-state index in [0.29, 0.717) is 48.7 Å². The molecular formula is C27H31Cl2N6O6S+. The lowest BCUT2D eigenvalue weighted by molar-refractivity contribution is -0.888. The second kappa shape index (κ2) is 12.7. The van der Waals surface area contributed by atoms with Gasteiger partial charge in [0.2, 0.25) is 0 Å². The lowest BCUT2D eigenvalue weighted by Gasteiger charge is -2.29. The second-order valence-corrected chi connectivity index (χ2v) is 13.2. The van der Waals surface area contributed by atoms with Crippen molar-refractivity contribution in [1.82, 2.24) is 10.2 Å². The third-order valence-electron chi connectivity index (χ3n) is 6.83. The predicted octanol–water partition coefficient (Wildman–Crippen LogP) is 3.72. The number of quaternary nitrogens is 1. The Morgan fingerprint density at radius 1 is 1.00 bits per heavy atom. The van der Waals surface area contributed by atoms with Gasteiger partial charge < -0.3 is 24.9 Å². The van der Waals surface area contributed by atoms with E-state index in [-0.39, 0.29) is 27.0 Å². The van der Waals surface area contributed by atoms with Crippen molar-refractivity contribution >= 4 is 68.2 Å². The normalized spacial score (nSPS) is 13.1. The first kappa shape index (κ1) is 31.3. The fourth-order valence-corrected chi connectivity index (χ4v) is 6.72. The van der Waals surface area contributed by atoms with Gasteiger partial charge in [0.15, 0.2) is 5.82 Å². The van der Waals surface area contributed by atoms with E-state index in [0.717, 1.165) is 15.6 Å². The van der Waals surface area contributed by atoms with Crippen molar-refractivity contribution < 1.29 is 32.7 Å². The number of carboxylic acids is 2. The number of hydrogen-bond acceptors (Lipinski definition) is 8. The maximum absolute atomic E-state index is 13.5. The smallest absolute Gasteiger partial charge is 0.324 e. The number of hydrogen-bond donors (Lipinski definition) is 3. The topological polar surface area (TPSA) is 153 Å². The van der Waals surface area contributed by atoms with Crippen molar-refractivity contribution in [3.05, 3.63) is 64.1 Å². The summed E-state index contributed by atoms with van der Waals surface area (Å²) in [6.07, 6.45) is 0.683. The molecule has 2 aromatic carbocycles. The van der Waals surface area contributed by atoms with Crippen LogP contribution < -0.4 is 14.5 Å². The second-order valence-electron chi connectivity index (χ2n) is 10.5. The van der Waals surface area contributed by atoms with Crippen LogP contribution >= 0.6 is 23.2 Å². The van der Waals surface area contributed by atoms with Gasteiger partial charge in [-0.2, -0.15) is 0 Å². The van der Waals surface area contributed by atoms with Crippen LogP contribution in [-0.2, 0) is 26.0 Å². The van der Waals surface area contributed by atoms with Crippen LogP contribution in [-0.4, -0.2) is 92.1 Å². The molecule has 0 saturated heterocycles.